The Balaban J connectivity index is 2.14. The van der Waals surface area contributed by atoms with Crippen molar-refractivity contribution >= 4 is 23.1 Å². The molecule has 2 heterocycles. The Labute approximate surface area is 106 Å². The molecule has 0 radical (unpaired) electrons. The van der Waals surface area contributed by atoms with Crippen LogP contribution in [0.4, 0.5) is 5.82 Å². The Hall–Kier alpha value is -2.22. The molecule has 0 aliphatic carbocycles. The van der Waals surface area contributed by atoms with Crippen molar-refractivity contribution in [2.75, 3.05) is 5.32 Å². The van der Waals surface area contributed by atoms with Gasteiger partial charge in [0.15, 0.2) is 5.69 Å². The maximum absolute atomic E-state index is 11.1. The second-order valence-corrected chi connectivity index (χ2v) is 4.43. The van der Waals surface area contributed by atoms with Crippen molar-refractivity contribution in [3.05, 3.63) is 38.8 Å². The molecule has 0 aromatic carbocycles. The number of aromatic amines is 1. The van der Waals surface area contributed by atoms with Crippen molar-refractivity contribution in [1.82, 2.24) is 15.0 Å². The summed E-state index contributed by atoms with van der Waals surface area (Å²) in [6, 6.07) is 1.10. The summed E-state index contributed by atoms with van der Waals surface area (Å²) in [5, 5.41) is 13.8. The molecule has 2 rings (SSSR count). The molecule has 0 saturated carbocycles. The van der Waals surface area contributed by atoms with Gasteiger partial charge in [0, 0.05) is 11.4 Å². The highest BCUT2D eigenvalue weighted by molar-refractivity contribution is 7.09. The maximum Gasteiger partial charge on any atom is 0.355 e. The lowest BCUT2D eigenvalue weighted by Crippen LogP contribution is -2.12. The summed E-state index contributed by atoms with van der Waals surface area (Å²) in [5.41, 5.74) is -0.243. The Morgan fingerprint density at radius 3 is 3.00 bits per heavy atom. The minimum Gasteiger partial charge on any atom is -0.476 e. The van der Waals surface area contributed by atoms with Crippen LogP contribution >= 0.6 is 11.3 Å². The standard InChI is InChI=1S/C10H10N4O3S/c1-5(9-14-6(3-18-9)10(16)17)13-7-2-8(15)12-4-11-7/h2-5H,1H3,(H,16,17)(H2,11,12,13,15). The molecule has 0 aliphatic rings. The number of nitrogens with one attached hydrogen (secondary N) is 2. The summed E-state index contributed by atoms with van der Waals surface area (Å²) < 4.78 is 0. The van der Waals surface area contributed by atoms with Gasteiger partial charge in [-0.25, -0.2) is 14.8 Å². The van der Waals surface area contributed by atoms with E-state index in [1.54, 1.807) is 0 Å². The first kappa shape index (κ1) is 12.2. The zero-order valence-electron chi connectivity index (χ0n) is 9.38. The second kappa shape index (κ2) is 4.96. The van der Waals surface area contributed by atoms with E-state index >= 15 is 0 Å². The van der Waals surface area contributed by atoms with Gasteiger partial charge in [0.2, 0.25) is 0 Å². The molecule has 7 nitrogen and oxygen atoms in total. The highest BCUT2D eigenvalue weighted by Gasteiger charge is 2.14. The molecule has 8 heteroatoms. The van der Waals surface area contributed by atoms with E-state index in [-0.39, 0.29) is 17.3 Å². The van der Waals surface area contributed by atoms with Crippen LogP contribution in [0.1, 0.15) is 28.5 Å². The first-order valence-electron chi connectivity index (χ1n) is 5.06. The molecular formula is C10H10N4O3S. The van der Waals surface area contributed by atoms with E-state index < -0.39 is 5.97 Å². The molecule has 1 unspecified atom stereocenters. The number of hydrogen-bond acceptors (Lipinski definition) is 6. The SMILES string of the molecule is CC(Nc1cc(=O)[nH]cn1)c1nc(C(=O)O)cs1. The van der Waals surface area contributed by atoms with E-state index in [9.17, 15) is 9.59 Å². The quantitative estimate of drug-likeness (QED) is 0.764. The highest BCUT2D eigenvalue weighted by Crippen LogP contribution is 2.20. The van der Waals surface area contributed by atoms with Gasteiger partial charge in [0.25, 0.3) is 5.56 Å². The van der Waals surface area contributed by atoms with E-state index in [0.29, 0.717) is 10.8 Å². The number of H-pyrrole nitrogens is 1. The fourth-order valence-corrected chi connectivity index (χ4v) is 2.12. The van der Waals surface area contributed by atoms with Crippen LogP contribution in [-0.2, 0) is 0 Å². The van der Waals surface area contributed by atoms with Gasteiger partial charge >= 0.3 is 5.97 Å². The predicted molar refractivity (Wildman–Crippen MR) is 66.0 cm³/mol. The Bertz CT molecular complexity index is 621. The minimum absolute atomic E-state index is 0.0162. The number of hydrogen-bond donors (Lipinski definition) is 3. The first-order chi connectivity index (χ1) is 8.56. The lowest BCUT2D eigenvalue weighted by molar-refractivity contribution is 0.0691. The Kier molecular flexibility index (Phi) is 3.38. The van der Waals surface area contributed by atoms with Gasteiger partial charge in [-0.2, -0.15) is 0 Å². The maximum atomic E-state index is 11.1. The average Bonchev–Trinajstić information content (AvgIpc) is 2.78. The van der Waals surface area contributed by atoms with Gasteiger partial charge in [-0.05, 0) is 6.92 Å². The molecule has 0 fully saturated rings. The largest absolute Gasteiger partial charge is 0.476 e. The van der Waals surface area contributed by atoms with Gasteiger partial charge in [0.1, 0.15) is 10.8 Å². The Morgan fingerprint density at radius 1 is 1.61 bits per heavy atom. The smallest absolute Gasteiger partial charge is 0.355 e. The molecule has 0 bridgehead atoms. The number of thiazole rings is 1. The van der Waals surface area contributed by atoms with Gasteiger partial charge in [-0.1, -0.05) is 0 Å². The number of carboxylic acids is 1. The van der Waals surface area contributed by atoms with Crippen molar-refractivity contribution in [1.29, 1.82) is 0 Å². The van der Waals surface area contributed by atoms with Gasteiger partial charge in [0.05, 0.1) is 12.4 Å². The molecule has 0 saturated heterocycles. The third kappa shape index (κ3) is 2.72. The van der Waals surface area contributed by atoms with Crippen LogP contribution in [0.2, 0.25) is 0 Å². The van der Waals surface area contributed by atoms with E-state index in [4.69, 9.17) is 5.11 Å². The van der Waals surface area contributed by atoms with Crippen molar-refractivity contribution in [3.63, 3.8) is 0 Å². The number of rotatable bonds is 4. The fraction of sp³-hybridized carbons (Fsp3) is 0.200. The van der Waals surface area contributed by atoms with Crippen LogP contribution in [-0.4, -0.2) is 26.0 Å². The first-order valence-corrected chi connectivity index (χ1v) is 5.94. The average molecular weight is 266 g/mol. The zero-order chi connectivity index (χ0) is 13.1. The second-order valence-electron chi connectivity index (χ2n) is 3.54. The van der Waals surface area contributed by atoms with Crippen LogP contribution < -0.4 is 10.9 Å². The molecule has 2 aromatic heterocycles. The van der Waals surface area contributed by atoms with E-state index in [1.807, 2.05) is 6.92 Å². The van der Waals surface area contributed by atoms with Crippen molar-refractivity contribution in [3.8, 4) is 0 Å². The molecule has 0 amide bonds. The van der Waals surface area contributed by atoms with Gasteiger partial charge < -0.3 is 15.4 Å². The number of carboxylic acid groups (broad SMARTS) is 1. The highest BCUT2D eigenvalue weighted by atomic mass is 32.1. The predicted octanol–water partition coefficient (Wildman–Crippen LogP) is 1.10. The van der Waals surface area contributed by atoms with Gasteiger partial charge in [-0.15, -0.1) is 11.3 Å². The molecule has 1 atom stereocenters. The Morgan fingerprint density at radius 2 is 2.39 bits per heavy atom. The number of carbonyl (C=O) groups is 1. The molecule has 0 spiro atoms. The molecular weight excluding hydrogens is 256 g/mol. The fourth-order valence-electron chi connectivity index (χ4n) is 1.32. The summed E-state index contributed by atoms with van der Waals surface area (Å²) in [5.74, 6) is -0.641. The van der Waals surface area contributed by atoms with Crippen LogP contribution in [0.3, 0.4) is 0 Å². The molecule has 18 heavy (non-hydrogen) atoms. The third-order valence-electron chi connectivity index (χ3n) is 2.15. The number of anilines is 1. The lowest BCUT2D eigenvalue weighted by Gasteiger charge is -2.10. The summed E-state index contributed by atoms with van der Waals surface area (Å²) in [6.07, 6.45) is 1.29. The lowest BCUT2D eigenvalue weighted by atomic mass is 10.3. The summed E-state index contributed by atoms with van der Waals surface area (Å²) >= 11 is 1.24. The van der Waals surface area contributed by atoms with Crippen molar-refractivity contribution in [2.45, 2.75) is 13.0 Å². The van der Waals surface area contributed by atoms with Crippen molar-refractivity contribution in [2.24, 2.45) is 0 Å². The monoisotopic (exact) mass is 266 g/mol. The number of nitrogens with zero attached hydrogens (tertiary/aromatic N) is 2. The van der Waals surface area contributed by atoms with Crippen LogP contribution in [0.15, 0.2) is 22.6 Å². The normalized spacial score (nSPS) is 12.1. The van der Waals surface area contributed by atoms with E-state index in [1.165, 1.54) is 29.1 Å². The van der Waals surface area contributed by atoms with E-state index in [0.717, 1.165) is 0 Å². The van der Waals surface area contributed by atoms with Crippen LogP contribution in [0.5, 0.6) is 0 Å². The third-order valence-corrected chi connectivity index (χ3v) is 3.18. The summed E-state index contributed by atoms with van der Waals surface area (Å²) in [6.45, 7) is 1.81. The molecule has 0 aliphatic heterocycles. The van der Waals surface area contributed by atoms with Crippen molar-refractivity contribution < 1.29 is 9.90 Å². The molecule has 3 N–H and O–H groups in total. The minimum atomic E-state index is -1.06. The number of aromatic nitrogens is 3. The topological polar surface area (TPSA) is 108 Å². The zero-order valence-corrected chi connectivity index (χ0v) is 10.2. The number of aromatic carboxylic acids is 1. The van der Waals surface area contributed by atoms with Gasteiger partial charge in [-0.3, -0.25) is 4.79 Å². The van der Waals surface area contributed by atoms with E-state index in [2.05, 4.69) is 20.3 Å². The van der Waals surface area contributed by atoms with Crippen LogP contribution in [0, 0.1) is 0 Å². The molecule has 2 aromatic rings. The summed E-state index contributed by atoms with van der Waals surface area (Å²) in [4.78, 5) is 32.1. The van der Waals surface area contributed by atoms with Crippen LogP contribution in [0.25, 0.3) is 0 Å². The summed E-state index contributed by atoms with van der Waals surface area (Å²) in [7, 11) is 0. The molecule has 94 valence electrons.